The van der Waals surface area contributed by atoms with Gasteiger partial charge >= 0.3 is 0 Å². The van der Waals surface area contributed by atoms with Gasteiger partial charge in [0, 0.05) is 23.7 Å². The van der Waals surface area contributed by atoms with Crippen molar-refractivity contribution in [3.05, 3.63) is 163 Å². The van der Waals surface area contributed by atoms with Gasteiger partial charge in [-0.05, 0) is 80.2 Å². The molecule has 4 unspecified atom stereocenters. The quantitative estimate of drug-likeness (QED) is 0.0957. The summed E-state index contributed by atoms with van der Waals surface area (Å²) in [6, 6.07) is 32.3. The van der Waals surface area contributed by atoms with Crippen molar-refractivity contribution in [1.82, 2.24) is 4.98 Å². The second-order valence-electron chi connectivity index (χ2n) is 12.0. The molecule has 1 heterocycles. The van der Waals surface area contributed by atoms with Crippen molar-refractivity contribution in [3.8, 4) is 0 Å². The highest BCUT2D eigenvalue weighted by molar-refractivity contribution is 7.98. The SMILES string of the molecule is C=C/C=C\C=C/C.CSc1ccccn1.NC(Cc1ccccc1)C(=O)C1CCCC1C(=O)Nc1ccccc1CCC(O)c1ccccc1. The van der Waals surface area contributed by atoms with E-state index in [1.165, 1.54) is 0 Å². The molecule has 1 aliphatic rings. The van der Waals surface area contributed by atoms with E-state index in [0.717, 1.165) is 33.8 Å². The lowest BCUT2D eigenvalue weighted by Crippen LogP contribution is -2.41. The first-order valence-corrected chi connectivity index (χ1v) is 18.4. The summed E-state index contributed by atoms with van der Waals surface area (Å²) in [6.07, 6.45) is 16.6. The molecule has 7 heteroatoms. The molecular formula is C43H51N3O3S. The minimum Gasteiger partial charge on any atom is -0.388 e. The fraction of sp³-hybridized carbons (Fsp3) is 0.279. The molecule has 1 fully saturated rings. The number of amides is 1. The summed E-state index contributed by atoms with van der Waals surface area (Å²) < 4.78 is 0. The molecule has 50 heavy (non-hydrogen) atoms. The van der Waals surface area contributed by atoms with Gasteiger partial charge in [-0.1, -0.05) is 128 Å². The van der Waals surface area contributed by atoms with Crippen LogP contribution in [0.15, 0.2) is 151 Å². The molecule has 5 rings (SSSR count). The summed E-state index contributed by atoms with van der Waals surface area (Å²) in [5.74, 6) is -0.859. The molecule has 0 radical (unpaired) electrons. The predicted molar refractivity (Wildman–Crippen MR) is 209 cm³/mol. The van der Waals surface area contributed by atoms with Crippen molar-refractivity contribution in [2.45, 2.75) is 62.6 Å². The zero-order valence-electron chi connectivity index (χ0n) is 29.2. The van der Waals surface area contributed by atoms with Gasteiger partial charge in [-0.2, -0.15) is 0 Å². The Hall–Kier alpha value is -4.56. The maximum atomic E-state index is 13.3. The molecule has 3 aromatic carbocycles. The van der Waals surface area contributed by atoms with Crippen LogP contribution in [0.4, 0.5) is 5.69 Å². The third kappa shape index (κ3) is 13.7. The lowest BCUT2D eigenvalue weighted by Gasteiger charge is -2.22. The Morgan fingerprint density at radius 3 is 2.22 bits per heavy atom. The van der Waals surface area contributed by atoms with Crippen molar-refractivity contribution in [3.63, 3.8) is 0 Å². The Labute approximate surface area is 302 Å². The van der Waals surface area contributed by atoms with Crippen LogP contribution in [0.1, 0.15) is 55.4 Å². The molecule has 0 spiro atoms. The molecule has 0 aliphatic heterocycles. The van der Waals surface area contributed by atoms with Crippen LogP contribution in [0.25, 0.3) is 0 Å². The number of ketones is 1. The van der Waals surface area contributed by atoms with Gasteiger partial charge in [0.05, 0.1) is 17.2 Å². The van der Waals surface area contributed by atoms with Gasteiger partial charge < -0.3 is 16.2 Å². The molecule has 0 saturated heterocycles. The number of nitrogens with two attached hydrogens (primary N) is 1. The third-order valence-electron chi connectivity index (χ3n) is 8.43. The van der Waals surface area contributed by atoms with Crippen LogP contribution in [-0.4, -0.2) is 34.1 Å². The number of pyridine rings is 1. The summed E-state index contributed by atoms with van der Waals surface area (Å²) in [5, 5.41) is 14.7. The van der Waals surface area contributed by atoms with Crippen LogP contribution >= 0.6 is 11.8 Å². The standard InChI is InChI=1S/C30H34N2O3.C7H10.C6H7NS/c31-26(20-21-10-3-1-4-11-21)29(34)24-15-9-16-25(24)30(35)32-27-17-8-7-12-22(27)18-19-28(33)23-13-5-2-6-14-23;1-3-5-7-6-4-2;1-8-6-4-2-3-5-7-6/h1-8,10-14,17,24-26,28,33H,9,15-16,18-20,31H2,(H,32,35);3-7H,1H2,2H3;2-5H,1H3/b;6-4-,7-5-;. The fourth-order valence-electron chi connectivity index (χ4n) is 5.80. The van der Waals surface area contributed by atoms with E-state index in [4.69, 9.17) is 5.73 Å². The Morgan fingerprint density at radius 2 is 1.58 bits per heavy atom. The number of thioether (sulfide) groups is 1. The van der Waals surface area contributed by atoms with E-state index < -0.39 is 12.1 Å². The second kappa shape index (κ2) is 23.0. The van der Waals surface area contributed by atoms with Crippen molar-refractivity contribution >= 4 is 29.1 Å². The Bertz CT molecular complexity index is 1630. The summed E-state index contributed by atoms with van der Waals surface area (Å²) >= 11 is 1.66. The van der Waals surface area contributed by atoms with E-state index in [0.29, 0.717) is 32.1 Å². The van der Waals surface area contributed by atoms with Crippen molar-refractivity contribution in [2.24, 2.45) is 17.6 Å². The number of Topliss-reactive ketones (excluding diaryl/α,β-unsaturated/α-hetero) is 1. The molecule has 1 aliphatic carbocycles. The number of benzene rings is 3. The summed E-state index contributed by atoms with van der Waals surface area (Å²) in [6.45, 7) is 5.49. The van der Waals surface area contributed by atoms with E-state index in [-0.39, 0.29) is 23.5 Å². The third-order valence-corrected chi connectivity index (χ3v) is 9.09. The minimum absolute atomic E-state index is 0.0224. The highest BCUT2D eigenvalue weighted by Crippen LogP contribution is 2.35. The van der Waals surface area contributed by atoms with Gasteiger partial charge in [0.1, 0.15) is 0 Å². The van der Waals surface area contributed by atoms with E-state index in [1.807, 2.05) is 141 Å². The van der Waals surface area contributed by atoms with Gasteiger partial charge in [-0.15, -0.1) is 11.8 Å². The van der Waals surface area contributed by atoms with Crippen LogP contribution in [0, 0.1) is 11.8 Å². The van der Waals surface area contributed by atoms with Crippen molar-refractivity contribution in [1.29, 1.82) is 0 Å². The van der Waals surface area contributed by atoms with Crippen LogP contribution < -0.4 is 11.1 Å². The van der Waals surface area contributed by atoms with Gasteiger partial charge in [0.2, 0.25) is 5.91 Å². The topological polar surface area (TPSA) is 105 Å². The molecule has 1 amide bonds. The summed E-state index contributed by atoms with van der Waals surface area (Å²) in [5.41, 5.74) is 9.90. The zero-order chi connectivity index (χ0) is 36.0. The van der Waals surface area contributed by atoms with Crippen LogP contribution in [0.5, 0.6) is 0 Å². The molecule has 4 aromatic rings. The molecule has 1 aromatic heterocycles. The molecule has 4 N–H and O–H groups in total. The van der Waals surface area contributed by atoms with Gasteiger partial charge in [0.25, 0.3) is 0 Å². The average Bonchev–Trinajstić information content (AvgIpc) is 3.66. The Morgan fingerprint density at radius 1 is 0.920 bits per heavy atom. The van der Waals surface area contributed by atoms with E-state index in [2.05, 4.69) is 16.9 Å². The van der Waals surface area contributed by atoms with E-state index in [1.54, 1.807) is 24.0 Å². The minimum atomic E-state index is -0.609. The summed E-state index contributed by atoms with van der Waals surface area (Å²) in [7, 11) is 0. The number of hydrogen-bond acceptors (Lipinski definition) is 6. The molecule has 1 saturated carbocycles. The van der Waals surface area contributed by atoms with Crippen molar-refractivity contribution in [2.75, 3.05) is 11.6 Å². The largest absolute Gasteiger partial charge is 0.388 e. The first-order valence-electron chi connectivity index (χ1n) is 17.2. The van der Waals surface area contributed by atoms with Crippen LogP contribution in [0.2, 0.25) is 0 Å². The maximum Gasteiger partial charge on any atom is 0.228 e. The number of carbonyl (C=O) groups is 2. The zero-order valence-corrected chi connectivity index (χ0v) is 30.1. The Kier molecular flexibility index (Phi) is 18.3. The number of anilines is 1. The number of hydrogen-bond donors (Lipinski definition) is 3. The molecule has 6 nitrogen and oxygen atoms in total. The smallest absolute Gasteiger partial charge is 0.228 e. The number of aryl methyl sites for hydroxylation is 1. The number of aromatic nitrogens is 1. The molecule has 4 atom stereocenters. The predicted octanol–water partition coefficient (Wildman–Crippen LogP) is 8.95. The number of para-hydroxylation sites is 1. The maximum absolute atomic E-state index is 13.3. The first kappa shape index (κ1) is 39.9. The number of nitrogens with one attached hydrogen (secondary N) is 1. The molecular weight excluding hydrogens is 639 g/mol. The average molecular weight is 690 g/mol. The van der Waals surface area contributed by atoms with Crippen molar-refractivity contribution < 1.29 is 14.7 Å². The number of aliphatic hydroxyl groups excluding tert-OH is 1. The highest BCUT2D eigenvalue weighted by atomic mass is 32.2. The lowest BCUT2D eigenvalue weighted by atomic mass is 9.86. The van der Waals surface area contributed by atoms with Gasteiger partial charge in [-0.3, -0.25) is 9.59 Å². The van der Waals surface area contributed by atoms with E-state index >= 15 is 0 Å². The molecule has 262 valence electrons. The van der Waals surface area contributed by atoms with Gasteiger partial charge in [-0.25, -0.2) is 4.98 Å². The normalized spacial score (nSPS) is 16.4. The van der Waals surface area contributed by atoms with Crippen LogP contribution in [-0.2, 0) is 22.4 Å². The van der Waals surface area contributed by atoms with E-state index in [9.17, 15) is 14.7 Å². The van der Waals surface area contributed by atoms with Gasteiger partial charge in [0.15, 0.2) is 5.78 Å². The number of carbonyl (C=O) groups excluding carboxylic acids is 2. The second-order valence-corrected chi connectivity index (χ2v) is 12.8. The fourth-order valence-corrected chi connectivity index (χ4v) is 6.18. The highest BCUT2D eigenvalue weighted by Gasteiger charge is 2.39. The Balaban J connectivity index is 0.000000372. The molecule has 0 bridgehead atoms. The number of aliphatic hydroxyl groups is 1. The van der Waals surface area contributed by atoms with Crippen LogP contribution in [0.3, 0.4) is 0 Å². The summed E-state index contributed by atoms with van der Waals surface area (Å²) in [4.78, 5) is 30.5. The number of nitrogens with zero attached hydrogens (tertiary/aromatic N) is 1. The first-order chi connectivity index (χ1) is 24.4. The lowest BCUT2D eigenvalue weighted by molar-refractivity contribution is -0.130. The monoisotopic (exact) mass is 689 g/mol. The number of allylic oxidation sites excluding steroid dienone is 5. The number of rotatable bonds is 13.